The Balaban J connectivity index is 2.11. The number of methoxy groups -OCH3 is 1. The molecule has 18 heavy (non-hydrogen) atoms. The first-order valence-electron chi connectivity index (χ1n) is 6.33. The summed E-state index contributed by atoms with van der Waals surface area (Å²) in [5, 5.41) is 2.92. The van der Waals surface area contributed by atoms with Crippen LogP contribution in [0.4, 0.5) is 5.69 Å². The van der Waals surface area contributed by atoms with E-state index in [9.17, 15) is 4.79 Å². The van der Waals surface area contributed by atoms with Gasteiger partial charge >= 0.3 is 0 Å². The Bertz CT molecular complexity index is 445. The van der Waals surface area contributed by atoms with Crippen LogP contribution in [0.25, 0.3) is 0 Å². The van der Waals surface area contributed by atoms with Gasteiger partial charge in [0.2, 0.25) is 5.91 Å². The van der Waals surface area contributed by atoms with Crippen molar-refractivity contribution in [2.75, 3.05) is 12.4 Å². The van der Waals surface area contributed by atoms with Crippen LogP contribution in [-0.2, 0) is 4.79 Å². The van der Waals surface area contributed by atoms with E-state index < -0.39 is 0 Å². The van der Waals surface area contributed by atoms with Gasteiger partial charge in [0.1, 0.15) is 5.75 Å². The van der Waals surface area contributed by atoms with Crippen LogP contribution in [-0.4, -0.2) is 19.1 Å². The number of carbonyl (C=O) groups is 1. The van der Waals surface area contributed by atoms with Crippen LogP contribution in [0.15, 0.2) is 18.2 Å². The molecule has 1 aromatic rings. The third kappa shape index (κ3) is 2.64. The fourth-order valence-corrected chi connectivity index (χ4v) is 2.44. The topological polar surface area (TPSA) is 64.3 Å². The Labute approximate surface area is 108 Å². The second-order valence-corrected chi connectivity index (χ2v) is 4.89. The zero-order valence-electron chi connectivity index (χ0n) is 10.9. The first-order valence-corrected chi connectivity index (χ1v) is 6.33. The number of benzene rings is 1. The van der Waals surface area contributed by atoms with Gasteiger partial charge in [0.25, 0.3) is 0 Å². The largest absolute Gasteiger partial charge is 0.495 e. The van der Waals surface area contributed by atoms with E-state index in [4.69, 9.17) is 10.5 Å². The van der Waals surface area contributed by atoms with Gasteiger partial charge in [0, 0.05) is 6.04 Å². The Morgan fingerprint density at radius 1 is 1.44 bits per heavy atom. The molecule has 2 rings (SSSR count). The number of rotatable bonds is 3. The highest BCUT2D eigenvalue weighted by atomic mass is 16.5. The van der Waals surface area contributed by atoms with Crippen LogP contribution in [0.5, 0.6) is 5.75 Å². The van der Waals surface area contributed by atoms with Crippen LogP contribution in [0.3, 0.4) is 0 Å². The van der Waals surface area contributed by atoms with Crippen LogP contribution in [0, 0.1) is 12.8 Å². The molecule has 0 saturated heterocycles. The zero-order valence-corrected chi connectivity index (χ0v) is 10.9. The average Bonchev–Trinajstić information content (AvgIpc) is 2.77. The Kier molecular flexibility index (Phi) is 3.87. The fraction of sp³-hybridized carbons (Fsp3) is 0.500. The predicted molar refractivity (Wildman–Crippen MR) is 71.7 cm³/mol. The van der Waals surface area contributed by atoms with Crippen LogP contribution in [0.2, 0.25) is 0 Å². The maximum absolute atomic E-state index is 12.1. The second kappa shape index (κ2) is 5.40. The number of aryl methyl sites for hydroxylation is 1. The highest BCUT2D eigenvalue weighted by Gasteiger charge is 2.30. The van der Waals surface area contributed by atoms with E-state index in [1.165, 1.54) is 0 Å². The van der Waals surface area contributed by atoms with Crippen molar-refractivity contribution in [3.05, 3.63) is 23.8 Å². The molecule has 0 aliphatic heterocycles. The molecular formula is C14H20N2O2. The van der Waals surface area contributed by atoms with Crippen molar-refractivity contribution in [2.24, 2.45) is 11.7 Å². The molecule has 4 heteroatoms. The van der Waals surface area contributed by atoms with Crippen molar-refractivity contribution in [1.82, 2.24) is 0 Å². The molecule has 2 atom stereocenters. The predicted octanol–water partition coefficient (Wildman–Crippen LogP) is 2.07. The third-order valence-electron chi connectivity index (χ3n) is 3.52. The van der Waals surface area contributed by atoms with E-state index in [0.29, 0.717) is 11.4 Å². The summed E-state index contributed by atoms with van der Waals surface area (Å²) in [7, 11) is 1.60. The standard InChI is InChI=1S/C14H20N2O2/c1-9-6-7-12(13(8-9)18-2)16-14(17)10-4-3-5-11(10)15/h6-8,10-11H,3-5,15H2,1-2H3,(H,16,17). The number of amides is 1. The van der Waals surface area contributed by atoms with Gasteiger partial charge in [0.15, 0.2) is 0 Å². The average molecular weight is 248 g/mol. The molecule has 98 valence electrons. The minimum absolute atomic E-state index is 0.00199. The first kappa shape index (κ1) is 12.9. The molecule has 1 aliphatic rings. The molecule has 1 aliphatic carbocycles. The number of hydrogen-bond donors (Lipinski definition) is 2. The summed E-state index contributed by atoms with van der Waals surface area (Å²) in [5.41, 5.74) is 7.75. The lowest BCUT2D eigenvalue weighted by Gasteiger charge is -2.17. The lowest BCUT2D eigenvalue weighted by molar-refractivity contribution is -0.120. The summed E-state index contributed by atoms with van der Waals surface area (Å²) in [6, 6.07) is 5.71. The van der Waals surface area contributed by atoms with Gasteiger partial charge < -0.3 is 15.8 Å². The van der Waals surface area contributed by atoms with E-state index in [2.05, 4.69) is 5.32 Å². The highest BCUT2D eigenvalue weighted by molar-refractivity contribution is 5.94. The number of anilines is 1. The van der Waals surface area contributed by atoms with E-state index >= 15 is 0 Å². The number of carbonyl (C=O) groups excluding carboxylic acids is 1. The van der Waals surface area contributed by atoms with Crippen molar-refractivity contribution in [1.29, 1.82) is 0 Å². The third-order valence-corrected chi connectivity index (χ3v) is 3.52. The van der Waals surface area contributed by atoms with Crippen LogP contribution < -0.4 is 15.8 Å². The lowest BCUT2D eigenvalue weighted by atomic mass is 10.0. The Morgan fingerprint density at radius 2 is 2.22 bits per heavy atom. The van der Waals surface area contributed by atoms with E-state index in [1.807, 2.05) is 25.1 Å². The SMILES string of the molecule is COc1cc(C)ccc1NC(=O)C1CCCC1N. The van der Waals surface area contributed by atoms with E-state index in [1.54, 1.807) is 7.11 Å². The molecule has 2 unspecified atom stereocenters. The summed E-state index contributed by atoms with van der Waals surface area (Å²) < 4.78 is 5.27. The molecule has 1 fully saturated rings. The van der Waals surface area contributed by atoms with Gasteiger partial charge in [-0.25, -0.2) is 0 Å². The molecule has 0 bridgehead atoms. The summed E-state index contributed by atoms with van der Waals surface area (Å²) >= 11 is 0. The monoisotopic (exact) mass is 248 g/mol. The molecule has 0 radical (unpaired) electrons. The summed E-state index contributed by atoms with van der Waals surface area (Å²) in [6.07, 6.45) is 2.84. The van der Waals surface area contributed by atoms with Gasteiger partial charge in [-0.15, -0.1) is 0 Å². The summed E-state index contributed by atoms with van der Waals surface area (Å²) in [6.45, 7) is 1.99. The molecule has 1 amide bonds. The van der Waals surface area contributed by atoms with E-state index in [0.717, 1.165) is 24.8 Å². The molecule has 0 aromatic heterocycles. The minimum Gasteiger partial charge on any atom is -0.495 e. The summed E-state index contributed by atoms with van der Waals surface area (Å²) in [5.74, 6) is 0.619. The minimum atomic E-state index is -0.0731. The van der Waals surface area contributed by atoms with E-state index in [-0.39, 0.29) is 17.9 Å². The molecule has 1 aromatic carbocycles. The molecular weight excluding hydrogens is 228 g/mol. The zero-order chi connectivity index (χ0) is 13.1. The molecule has 0 spiro atoms. The van der Waals surface area contributed by atoms with Crippen molar-refractivity contribution < 1.29 is 9.53 Å². The van der Waals surface area contributed by atoms with Gasteiger partial charge in [-0.1, -0.05) is 12.5 Å². The van der Waals surface area contributed by atoms with Crippen molar-refractivity contribution in [3.63, 3.8) is 0 Å². The van der Waals surface area contributed by atoms with Crippen LogP contribution >= 0.6 is 0 Å². The molecule has 1 saturated carbocycles. The van der Waals surface area contributed by atoms with Gasteiger partial charge in [0.05, 0.1) is 18.7 Å². The maximum atomic E-state index is 12.1. The van der Waals surface area contributed by atoms with Crippen molar-refractivity contribution in [3.8, 4) is 5.75 Å². The number of ether oxygens (including phenoxy) is 1. The quantitative estimate of drug-likeness (QED) is 0.860. The lowest BCUT2D eigenvalue weighted by Crippen LogP contribution is -2.34. The number of hydrogen-bond acceptors (Lipinski definition) is 3. The number of nitrogens with two attached hydrogens (primary N) is 1. The first-order chi connectivity index (χ1) is 8.61. The smallest absolute Gasteiger partial charge is 0.229 e. The maximum Gasteiger partial charge on any atom is 0.229 e. The van der Waals surface area contributed by atoms with Gasteiger partial charge in [-0.3, -0.25) is 4.79 Å². The molecule has 0 heterocycles. The highest BCUT2D eigenvalue weighted by Crippen LogP contribution is 2.29. The van der Waals surface area contributed by atoms with Crippen LogP contribution in [0.1, 0.15) is 24.8 Å². The Morgan fingerprint density at radius 3 is 2.83 bits per heavy atom. The van der Waals surface area contributed by atoms with Gasteiger partial charge in [-0.2, -0.15) is 0 Å². The molecule has 3 N–H and O–H groups in total. The number of nitrogens with one attached hydrogen (secondary N) is 1. The normalized spacial score (nSPS) is 22.8. The second-order valence-electron chi connectivity index (χ2n) is 4.89. The summed E-state index contributed by atoms with van der Waals surface area (Å²) in [4.78, 5) is 12.1. The van der Waals surface area contributed by atoms with Crippen molar-refractivity contribution in [2.45, 2.75) is 32.2 Å². The Hall–Kier alpha value is -1.55. The fourth-order valence-electron chi connectivity index (χ4n) is 2.44. The van der Waals surface area contributed by atoms with Crippen molar-refractivity contribution >= 4 is 11.6 Å². The van der Waals surface area contributed by atoms with Gasteiger partial charge in [-0.05, 0) is 37.5 Å². The molecule has 4 nitrogen and oxygen atoms in total.